The molecule has 2 rings (SSSR count). The van der Waals surface area contributed by atoms with Gasteiger partial charge < -0.3 is 4.57 Å². The number of rotatable bonds is 4. The molecule has 17 heavy (non-hydrogen) atoms. The lowest BCUT2D eigenvalue weighted by molar-refractivity contribution is 0.212. The maximum absolute atomic E-state index is 5.73. The van der Waals surface area contributed by atoms with E-state index in [-0.39, 0.29) is 6.04 Å². The Balaban J connectivity index is 2.03. The number of nitrogens with one attached hydrogen (secondary N) is 1. The van der Waals surface area contributed by atoms with Crippen LogP contribution in [0.2, 0.25) is 0 Å². The van der Waals surface area contributed by atoms with Gasteiger partial charge in [-0.3, -0.25) is 5.84 Å². The fraction of sp³-hybridized carbons (Fsp3) is 0.769. The third-order valence-corrected chi connectivity index (χ3v) is 4.26. The van der Waals surface area contributed by atoms with Crippen molar-refractivity contribution in [1.29, 1.82) is 0 Å². The van der Waals surface area contributed by atoms with Crippen LogP contribution in [0.15, 0.2) is 12.4 Å². The van der Waals surface area contributed by atoms with Crippen molar-refractivity contribution in [3.8, 4) is 0 Å². The minimum atomic E-state index is 0.202. The third-order valence-electron chi connectivity index (χ3n) is 4.26. The van der Waals surface area contributed by atoms with E-state index in [9.17, 15) is 0 Å². The lowest BCUT2D eigenvalue weighted by Gasteiger charge is -2.32. The Morgan fingerprint density at radius 2 is 2.18 bits per heavy atom. The van der Waals surface area contributed by atoms with Crippen LogP contribution < -0.4 is 11.3 Å². The second kappa shape index (κ2) is 5.65. The van der Waals surface area contributed by atoms with Gasteiger partial charge in [-0.05, 0) is 24.7 Å². The zero-order valence-corrected chi connectivity index (χ0v) is 10.9. The first-order chi connectivity index (χ1) is 8.26. The van der Waals surface area contributed by atoms with Crippen LogP contribution in [0.4, 0.5) is 0 Å². The molecule has 1 aromatic rings. The maximum Gasteiger partial charge on any atom is 0.127 e. The summed E-state index contributed by atoms with van der Waals surface area (Å²) in [6, 6.07) is 0.202. The Morgan fingerprint density at radius 1 is 1.47 bits per heavy atom. The van der Waals surface area contributed by atoms with Crippen molar-refractivity contribution in [3.05, 3.63) is 18.2 Å². The number of nitrogens with two attached hydrogens (primary N) is 1. The van der Waals surface area contributed by atoms with Crippen molar-refractivity contribution in [2.45, 2.75) is 45.1 Å². The van der Waals surface area contributed by atoms with Crippen molar-refractivity contribution in [3.63, 3.8) is 0 Å². The normalized spacial score (nSPS) is 27.0. The number of hydrogen-bond acceptors (Lipinski definition) is 3. The second-order valence-corrected chi connectivity index (χ2v) is 5.23. The van der Waals surface area contributed by atoms with E-state index in [2.05, 4.69) is 21.9 Å². The van der Waals surface area contributed by atoms with Gasteiger partial charge in [0.15, 0.2) is 0 Å². The Kier molecular flexibility index (Phi) is 4.18. The fourth-order valence-electron chi connectivity index (χ4n) is 3.03. The molecule has 0 amide bonds. The van der Waals surface area contributed by atoms with Crippen molar-refractivity contribution in [1.82, 2.24) is 15.0 Å². The van der Waals surface area contributed by atoms with Crippen LogP contribution in [0, 0.1) is 11.8 Å². The molecule has 0 bridgehead atoms. The van der Waals surface area contributed by atoms with E-state index in [1.807, 2.05) is 19.4 Å². The van der Waals surface area contributed by atoms with Gasteiger partial charge in [0, 0.05) is 19.4 Å². The van der Waals surface area contributed by atoms with E-state index in [4.69, 9.17) is 5.84 Å². The largest absolute Gasteiger partial charge is 0.337 e. The number of hydrazine groups is 1. The topological polar surface area (TPSA) is 55.9 Å². The van der Waals surface area contributed by atoms with Crippen LogP contribution in [-0.4, -0.2) is 9.55 Å². The molecular weight excluding hydrogens is 212 g/mol. The first-order valence-electron chi connectivity index (χ1n) is 6.69. The molecule has 0 saturated heterocycles. The summed E-state index contributed by atoms with van der Waals surface area (Å²) in [5, 5.41) is 0. The molecule has 1 aliphatic rings. The van der Waals surface area contributed by atoms with E-state index in [0.29, 0.717) is 5.92 Å². The van der Waals surface area contributed by atoms with Crippen molar-refractivity contribution in [2.24, 2.45) is 24.7 Å². The minimum Gasteiger partial charge on any atom is -0.337 e. The smallest absolute Gasteiger partial charge is 0.127 e. The van der Waals surface area contributed by atoms with Crippen LogP contribution in [-0.2, 0) is 7.05 Å². The van der Waals surface area contributed by atoms with Crippen LogP contribution in [0.25, 0.3) is 0 Å². The molecule has 1 heterocycles. The van der Waals surface area contributed by atoms with Crippen molar-refractivity contribution >= 4 is 0 Å². The Bertz CT molecular complexity index is 339. The summed E-state index contributed by atoms with van der Waals surface area (Å²) in [6.07, 6.45) is 10.3. The predicted molar refractivity (Wildman–Crippen MR) is 69.0 cm³/mol. The summed E-state index contributed by atoms with van der Waals surface area (Å²) in [5.41, 5.74) is 2.96. The highest BCUT2D eigenvalue weighted by Crippen LogP contribution is 2.36. The number of aromatic nitrogens is 2. The molecule has 1 aromatic heterocycles. The summed E-state index contributed by atoms with van der Waals surface area (Å²) in [5.74, 6) is 8.34. The molecule has 0 spiro atoms. The maximum atomic E-state index is 5.73. The molecule has 0 aliphatic heterocycles. The second-order valence-electron chi connectivity index (χ2n) is 5.23. The van der Waals surface area contributed by atoms with Gasteiger partial charge in [-0.1, -0.05) is 26.2 Å². The molecule has 0 radical (unpaired) electrons. The minimum absolute atomic E-state index is 0.202. The van der Waals surface area contributed by atoms with E-state index in [0.717, 1.165) is 11.7 Å². The quantitative estimate of drug-likeness (QED) is 0.622. The van der Waals surface area contributed by atoms with Crippen LogP contribution in [0.3, 0.4) is 0 Å². The number of hydrogen-bond donors (Lipinski definition) is 2. The monoisotopic (exact) mass is 236 g/mol. The average Bonchev–Trinajstić information content (AvgIpc) is 2.78. The third kappa shape index (κ3) is 2.69. The Labute approximate surface area is 104 Å². The zero-order chi connectivity index (χ0) is 12.3. The zero-order valence-electron chi connectivity index (χ0n) is 10.9. The molecule has 1 saturated carbocycles. The Morgan fingerprint density at radius 3 is 2.65 bits per heavy atom. The fourth-order valence-corrected chi connectivity index (χ4v) is 3.03. The predicted octanol–water partition coefficient (Wildman–Crippen LogP) is 2.14. The molecule has 1 fully saturated rings. The molecule has 4 nitrogen and oxygen atoms in total. The van der Waals surface area contributed by atoms with Gasteiger partial charge in [0.25, 0.3) is 0 Å². The average molecular weight is 236 g/mol. The highest BCUT2D eigenvalue weighted by atomic mass is 15.3. The summed E-state index contributed by atoms with van der Waals surface area (Å²) in [4.78, 5) is 4.42. The standard InChI is InChI=1S/C13H24N4/c1-3-10-4-6-11(7-5-10)12(16-14)13-15-8-9-17(13)2/h8-12,16H,3-7,14H2,1-2H3. The van der Waals surface area contributed by atoms with Gasteiger partial charge >= 0.3 is 0 Å². The van der Waals surface area contributed by atoms with Crippen molar-refractivity contribution < 1.29 is 0 Å². The summed E-state index contributed by atoms with van der Waals surface area (Å²) in [7, 11) is 2.03. The molecule has 96 valence electrons. The van der Waals surface area contributed by atoms with E-state index in [1.54, 1.807) is 0 Å². The van der Waals surface area contributed by atoms with Gasteiger partial charge in [-0.15, -0.1) is 0 Å². The van der Waals surface area contributed by atoms with Gasteiger partial charge in [-0.2, -0.15) is 0 Å². The highest BCUT2D eigenvalue weighted by molar-refractivity contribution is 5.01. The lowest BCUT2D eigenvalue weighted by Crippen LogP contribution is -2.36. The SMILES string of the molecule is CCC1CCC(C(NN)c2nccn2C)CC1. The molecule has 3 N–H and O–H groups in total. The number of aryl methyl sites for hydroxylation is 1. The van der Waals surface area contributed by atoms with Crippen LogP contribution >= 0.6 is 0 Å². The van der Waals surface area contributed by atoms with Crippen molar-refractivity contribution in [2.75, 3.05) is 0 Å². The van der Waals surface area contributed by atoms with Crippen LogP contribution in [0.5, 0.6) is 0 Å². The van der Waals surface area contributed by atoms with Crippen LogP contribution in [0.1, 0.15) is 50.9 Å². The van der Waals surface area contributed by atoms with E-state index < -0.39 is 0 Å². The van der Waals surface area contributed by atoms with Gasteiger partial charge in [0.2, 0.25) is 0 Å². The Hall–Kier alpha value is -0.870. The first-order valence-corrected chi connectivity index (χ1v) is 6.69. The van der Waals surface area contributed by atoms with Gasteiger partial charge in [0.05, 0.1) is 6.04 Å². The molecular formula is C13H24N4. The highest BCUT2D eigenvalue weighted by Gasteiger charge is 2.29. The summed E-state index contributed by atoms with van der Waals surface area (Å²) in [6.45, 7) is 2.29. The molecule has 4 heteroatoms. The van der Waals surface area contributed by atoms with Gasteiger partial charge in [-0.25, -0.2) is 10.4 Å². The molecule has 0 aromatic carbocycles. The number of nitrogens with zero attached hydrogens (tertiary/aromatic N) is 2. The van der Waals surface area contributed by atoms with E-state index in [1.165, 1.54) is 32.1 Å². The molecule has 1 aliphatic carbocycles. The molecule has 1 atom stereocenters. The lowest BCUT2D eigenvalue weighted by atomic mass is 9.77. The summed E-state index contributed by atoms with van der Waals surface area (Å²) >= 11 is 0. The van der Waals surface area contributed by atoms with E-state index >= 15 is 0 Å². The van der Waals surface area contributed by atoms with Gasteiger partial charge in [0.1, 0.15) is 5.82 Å². The first kappa shape index (κ1) is 12.6. The number of imidazole rings is 1. The summed E-state index contributed by atoms with van der Waals surface area (Å²) < 4.78 is 2.07. The molecule has 1 unspecified atom stereocenters.